The zero-order valence-electron chi connectivity index (χ0n) is 11.1. The quantitative estimate of drug-likeness (QED) is 0.879. The largest absolute Gasteiger partial charge is 0.325 e. The molecule has 0 aliphatic rings. The summed E-state index contributed by atoms with van der Waals surface area (Å²) in [4.78, 5) is 0. The molecular weight excluding hydrogens is 224 g/mol. The predicted octanol–water partition coefficient (Wildman–Crippen LogP) is 2.51. The predicted molar refractivity (Wildman–Crippen MR) is 73.0 cm³/mol. The topological polar surface area (TPSA) is 56.7 Å². The van der Waals surface area contributed by atoms with Crippen molar-refractivity contribution < 1.29 is 0 Å². The third-order valence-corrected chi connectivity index (χ3v) is 3.08. The molecule has 0 unspecified atom stereocenters. The van der Waals surface area contributed by atoms with Crippen LogP contribution in [0.5, 0.6) is 0 Å². The first-order valence-electron chi connectivity index (χ1n) is 6.45. The standard InChI is InChI=1S/C14H20N4/c1-3-4-9-18-13(10-15)14(16-17-18)12-7-5-11(2)6-8-12/h5-8H,3-4,9-10,15H2,1-2H3. The van der Waals surface area contributed by atoms with E-state index in [9.17, 15) is 0 Å². The normalized spacial score (nSPS) is 10.8. The molecule has 0 bridgehead atoms. The fourth-order valence-electron chi connectivity index (χ4n) is 1.96. The second-order valence-electron chi connectivity index (χ2n) is 4.53. The molecule has 0 aliphatic heterocycles. The van der Waals surface area contributed by atoms with Crippen LogP contribution in [0.25, 0.3) is 11.3 Å². The minimum absolute atomic E-state index is 0.472. The first-order chi connectivity index (χ1) is 8.76. The molecule has 2 N–H and O–H groups in total. The van der Waals surface area contributed by atoms with Gasteiger partial charge >= 0.3 is 0 Å². The maximum absolute atomic E-state index is 5.83. The highest BCUT2D eigenvalue weighted by atomic mass is 15.4. The SMILES string of the molecule is CCCCn1nnc(-c2ccc(C)cc2)c1CN. The Morgan fingerprint density at radius 2 is 1.94 bits per heavy atom. The summed E-state index contributed by atoms with van der Waals surface area (Å²) in [7, 11) is 0. The Morgan fingerprint density at radius 1 is 1.22 bits per heavy atom. The van der Waals surface area contributed by atoms with E-state index in [1.165, 1.54) is 5.56 Å². The Morgan fingerprint density at radius 3 is 2.56 bits per heavy atom. The summed E-state index contributed by atoms with van der Waals surface area (Å²) < 4.78 is 1.93. The van der Waals surface area contributed by atoms with E-state index >= 15 is 0 Å². The lowest BCUT2D eigenvalue weighted by atomic mass is 10.1. The fourth-order valence-corrected chi connectivity index (χ4v) is 1.96. The van der Waals surface area contributed by atoms with Crippen LogP contribution < -0.4 is 5.73 Å². The summed E-state index contributed by atoms with van der Waals surface area (Å²) >= 11 is 0. The summed E-state index contributed by atoms with van der Waals surface area (Å²) in [5, 5.41) is 8.48. The maximum Gasteiger partial charge on any atom is 0.117 e. The van der Waals surface area contributed by atoms with E-state index in [4.69, 9.17) is 5.73 Å². The maximum atomic E-state index is 5.83. The molecule has 2 aromatic rings. The lowest BCUT2D eigenvalue weighted by Gasteiger charge is -2.05. The number of rotatable bonds is 5. The van der Waals surface area contributed by atoms with Crippen molar-refractivity contribution in [2.45, 2.75) is 39.8 Å². The van der Waals surface area contributed by atoms with Gasteiger partial charge in [-0.2, -0.15) is 0 Å². The number of nitrogens with zero attached hydrogens (tertiary/aromatic N) is 3. The molecule has 0 spiro atoms. The summed E-state index contributed by atoms with van der Waals surface area (Å²) in [5.74, 6) is 0. The third-order valence-electron chi connectivity index (χ3n) is 3.08. The average molecular weight is 244 g/mol. The Hall–Kier alpha value is -1.68. The summed E-state index contributed by atoms with van der Waals surface area (Å²) in [6.45, 7) is 5.60. The molecule has 1 aromatic carbocycles. The Balaban J connectivity index is 2.33. The second-order valence-corrected chi connectivity index (χ2v) is 4.53. The number of aryl methyl sites for hydroxylation is 2. The van der Waals surface area contributed by atoms with Crippen molar-refractivity contribution in [2.75, 3.05) is 0 Å². The molecule has 0 atom stereocenters. The van der Waals surface area contributed by atoms with Crippen molar-refractivity contribution in [3.05, 3.63) is 35.5 Å². The molecule has 1 aromatic heterocycles. The van der Waals surface area contributed by atoms with Crippen LogP contribution in [-0.2, 0) is 13.1 Å². The van der Waals surface area contributed by atoms with Gasteiger partial charge in [0.2, 0.25) is 0 Å². The van der Waals surface area contributed by atoms with E-state index in [1.54, 1.807) is 0 Å². The number of benzene rings is 1. The molecule has 0 saturated carbocycles. The van der Waals surface area contributed by atoms with Crippen molar-refractivity contribution in [2.24, 2.45) is 5.73 Å². The van der Waals surface area contributed by atoms with Gasteiger partial charge in [-0.3, -0.25) is 0 Å². The van der Waals surface area contributed by atoms with Crippen molar-refractivity contribution in [1.29, 1.82) is 0 Å². The van der Waals surface area contributed by atoms with E-state index in [0.29, 0.717) is 6.54 Å². The Labute approximate surface area is 108 Å². The van der Waals surface area contributed by atoms with Gasteiger partial charge in [0.15, 0.2) is 0 Å². The van der Waals surface area contributed by atoms with Gasteiger partial charge in [-0.05, 0) is 13.3 Å². The minimum atomic E-state index is 0.472. The smallest absolute Gasteiger partial charge is 0.117 e. The van der Waals surface area contributed by atoms with E-state index in [-0.39, 0.29) is 0 Å². The van der Waals surface area contributed by atoms with E-state index in [2.05, 4.69) is 48.4 Å². The lowest BCUT2D eigenvalue weighted by molar-refractivity contribution is 0.533. The fraction of sp³-hybridized carbons (Fsp3) is 0.429. The number of unbranched alkanes of at least 4 members (excludes halogenated alkanes) is 1. The van der Waals surface area contributed by atoms with Crippen LogP contribution in [0.15, 0.2) is 24.3 Å². The highest BCUT2D eigenvalue weighted by Crippen LogP contribution is 2.21. The van der Waals surface area contributed by atoms with Crippen molar-refractivity contribution in [3.63, 3.8) is 0 Å². The molecule has 96 valence electrons. The van der Waals surface area contributed by atoms with Crippen LogP contribution >= 0.6 is 0 Å². The lowest BCUT2D eigenvalue weighted by Crippen LogP contribution is -2.09. The van der Waals surface area contributed by atoms with E-state index in [1.807, 2.05) is 4.68 Å². The van der Waals surface area contributed by atoms with Gasteiger partial charge in [0.05, 0.1) is 5.69 Å². The van der Waals surface area contributed by atoms with Crippen LogP contribution in [0, 0.1) is 6.92 Å². The number of nitrogens with two attached hydrogens (primary N) is 1. The van der Waals surface area contributed by atoms with Crippen molar-refractivity contribution >= 4 is 0 Å². The summed E-state index contributed by atoms with van der Waals surface area (Å²) in [5.41, 5.74) is 10.1. The third kappa shape index (κ3) is 2.59. The van der Waals surface area contributed by atoms with Gasteiger partial charge in [0.25, 0.3) is 0 Å². The minimum Gasteiger partial charge on any atom is -0.325 e. The van der Waals surface area contributed by atoms with Crippen LogP contribution in [0.3, 0.4) is 0 Å². The first kappa shape index (κ1) is 12.8. The molecule has 0 radical (unpaired) electrons. The number of aromatic nitrogens is 3. The highest BCUT2D eigenvalue weighted by molar-refractivity contribution is 5.61. The molecule has 0 saturated heterocycles. The van der Waals surface area contributed by atoms with Gasteiger partial charge in [-0.15, -0.1) is 5.10 Å². The van der Waals surface area contributed by atoms with Gasteiger partial charge in [0.1, 0.15) is 5.69 Å². The van der Waals surface area contributed by atoms with Gasteiger partial charge in [0, 0.05) is 18.7 Å². The molecular formula is C14H20N4. The summed E-state index contributed by atoms with van der Waals surface area (Å²) in [6, 6.07) is 8.31. The monoisotopic (exact) mass is 244 g/mol. The summed E-state index contributed by atoms with van der Waals surface area (Å²) in [6.07, 6.45) is 2.24. The van der Waals surface area contributed by atoms with Gasteiger partial charge in [-0.25, -0.2) is 4.68 Å². The highest BCUT2D eigenvalue weighted by Gasteiger charge is 2.12. The molecule has 1 heterocycles. The van der Waals surface area contributed by atoms with Crippen molar-refractivity contribution in [3.8, 4) is 11.3 Å². The van der Waals surface area contributed by atoms with Gasteiger partial charge in [-0.1, -0.05) is 48.4 Å². The van der Waals surface area contributed by atoms with Crippen LogP contribution in [0.4, 0.5) is 0 Å². The Kier molecular flexibility index (Phi) is 4.10. The Bertz CT molecular complexity index is 499. The molecule has 2 rings (SSSR count). The van der Waals surface area contributed by atoms with Crippen LogP contribution in [0.2, 0.25) is 0 Å². The average Bonchev–Trinajstić information content (AvgIpc) is 2.80. The number of hydrogen-bond acceptors (Lipinski definition) is 3. The molecule has 0 fully saturated rings. The first-order valence-corrected chi connectivity index (χ1v) is 6.45. The van der Waals surface area contributed by atoms with E-state index in [0.717, 1.165) is 36.3 Å². The zero-order chi connectivity index (χ0) is 13.0. The van der Waals surface area contributed by atoms with Crippen molar-refractivity contribution in [1.82, 2.24) is 15.0 Å². The second kappa shape index (κ2) is 5.78. The molecule has 4 heteroatoms. The zero-order valence-corrected chi connectivity index (χ0v) is 11.1. The molecule has 4 nitrogen and oxygen atoms in total. The van der Waals surface area contributed by atoms with Crippen LogP contribution in [-0.4, -0.2) is 15.0 Å². The number of hydrogen-bond donors (Lipinski definition) is 1. The van der Waals surface area contributed by atoms with Crippen LogP contribution in [0.1, 0.15) is 31.0 Å². The molecule has 0 amide bonds. The van der Waals surface area contributed by atoms with Gasteiger partial charge < -0.3 is 5.73 Å². The molecule has 18 heavy (non-hydrogen) atoms. The van der Waals surface area contributed by atoms with E-state index < -0.39 is 0 Å². The molecule has 0 aliphatic carbocycles.